The molecule has 0 aliphatic rings. The highest BCUT2D eigenvalue weighted by atomic mass is 32.1. The number of nitrogens with zero attached hydrogens (tertiary/aromatic N) is 2. The van der Waals surface area contributed by atoms with Gasteiger partial charge in [0.15, 0.2) is 5.11 Å². The van der Waals surface area contributed by atoms with E-state index in [-0.39, 0.29) is 11.4 Å². The third-order valence-corrected chi connectivity index (χ3v) is 2.87. The smallest absolute Gasteiger partial charge is 0.275 e. The number of hydrazine groups is 1. The summed E-state index contributed by atoms with van der Waals surface area (Å²) >= 11 is 4.85. The van der Waals surface area contributed by atoms with Crippen LogP contribution in [0, 0.1) is 0 Å². The van der Waals surface area contributed by atoms with Crippen LogP contribution in [0.3, 0.4) is 0 Å². The van der Waals surface area contributed by atoms with Crippen molar-refractivity contribution in [1.82, 2.24) is 25.9 Å². The molecule has 1 aromatic carbocycles. The van der Waals surface area contributed by atoms with Gasteiger partial charge in [-0.2, -0.15) is 5.10 Å². The fraction of sp³-hybridized carbons (Fsp3) is 0.0833. The molecule has 5 N–H and O–H groups in total. The first kappa shape index (κ1) is 13.8. The maximum absolute atomic E-state index is 11.9. The Labute approximate surface area is 121 Å². The Morgan fingerprint density at radius 2 is 2.00 bits per heavy atom. The SMILES string of the molecule is CNC(=S)NNC(=O)c1cnn(-c2ccccc2)c1N. The maximum Gasteiger partial charge on any atom is 0.275 e. The molecular weight excluding hydrogens is 276 g/mol. The molecular formula is C12H14N6OS. The van der Waals surface area contributed by atoms with Gasteiger partial charge in [0, 0.05) is 7.05 Å². The minimum atomic E-state index is -0.415. The van der Waals surface area contributed by atoms with Crippen molar-refractivity contribution in [3.8, 4) is 5.69 Å². The summed E-state index contributed by atoms with van der Waals surface area (Å²) in [5.74, 6) is -0.159. The molecule has 0 aliphatic carbocycles. The minimum Gasteiger partial charge on any atom is -0.383 e. The lowest BCUT2D eigenvalue weighted by atomic mass is 10.3. The van der Waals surface area contributed by atoms with Gasteiger partial charge in [0.2, 0.25) is 0 Å². The fourth-order valence-corrected chi connectivity index (χ4v) is 1.60. The molecule has 0 saturated heterocycles. The Kier molecular flexibility index (Phi) is 4.16. The molecule has 1 aromatic heterocycles. The highest BCUT2D eigenvalue weighted by molar-refractivity contribution is 7.80. The van der Waals surface area contributed by atoms with E-state index in [1.165, 1.54) is 10.9 Å². The van der Waals surface area contributed by atoms with Crippen LogP contribution >= 0.6 is 12.2 Å². The summed E-state index contributed by atoms with van der Waals surface area (Å²) in [4.78, 5) is 11.9. The molecule has 8 heteroatoms. The Morgan fingerprint density at radius 3 is 2.65 bits per heavy atom. The number of nitrogen functional groups attached to an aromatic ring is 1. The van der Waals surface area contributed by atoms with Gasteiger partial charge in [-0.1, -0.05) is 18.2 Å². The van der Waals surface area contributed by atoms with Crippen LogP contribution in [0.5, 0.6) is 0 Å². The lowest BCUT2D eigenvalue weighted by molar-refractivity contribution is 0.0944. The van der Waals surface area contributed by atoms with Crippen LogP contribution in [-0.4, -0.2) is 27.8 Å². The standard InChI is InChI=1S/C12H14N6OS/c1-14-12(20)17-16-11(19)9-7-15-18(10(9)13)8-5-3-2-4-6-8/h2-7H,13H2,1H3,(H,16,19)(H2,14,17,20). The maximum atomic E-state index is 11.9. The molecule has 0 spiro atoms. The minimum absolute atomic E-state index is 0.255. The van der Waals surface area contributed by atoms with Crippen LogP contribution in [0.25, 0.3) is 5.69 Å². The van der Waals surface area contributed by atoms with Crippen LogP contribution in [0.15, 0.2) is 36.5 Å². The van der Waals surface area contributed by atoms with Crippen molar-refractivity contribution in [1.29, 1.82) is 0 Å². The first-order valence-electron chi connectivity index (χ1n) is 5.80. The fourth-order valence-electron chi connectivity index (χ4n) is 1.55. The van der Waals surface area contributed by atoms with Crippen LogP contribution in [0.2, 0.25) is 0 Å². The van der Waals surface area contributed by atoms with Gasteiger partial charge in [0.05, 0.1) is 11.9 Å². The molecule has 0 radical (unpaired) electrons. The van der Waals surface area contributed by atoms with E-state index in [2.05, 4.69) is 21.3 Å². The van der Waals surface area contributed by atoms with Crippen LogP contribution in [-0.2, 0) is 0 Å². The molecule has 2 aromatic rings. The molecule has 1 heterocycles. The largest absolute Gasteiger partial charge is 0.383 e. The van der Waals surface area contributed by atoms with Crippen molar-refractivity contribution in [3.63, 3.8) is 0 Å². The van der Waals surface area contributed by atoms with Gasteiger partial charge in [-0.05, 0) is 24.4 Å². The molecule has 104 valence electrons. The molecule has 0 atom stereocenters. The summed E-state index contributed by atoms with van der Waals surface area (Å²) in [5.41, 5.74) is 11.9. The molecule has 2 rings (SSSR count). The van der Waals surface area contributed by atoms with Gasteiger partial charge in [-0.15, -0.1) is 0 Å². The molecule has 0 unspecified atom stereocenters. The molecule has 1 amide bonds. The lowest BCUT2D eigenvalue weighted by Crippen LogP contribution is -2.45. The summed E-state index contributed by atoms with van der Waals surface area (Å²) in [5, 5.41) is 7.08. The lowest BCUT2D eigenvalue weighted by Gasteiger charge is -2.08. The predicted molar refractivity (Wildman–Crippen MR) is 80.2 cm³/mol. The highest BCUT2D eigenvalue weighted by Crippen LogP contribution is 2.16. The van der Waals surface area contributed by atoms with Crippen molar-refractivity contribution >= 4 is 29.1 Å². The summed E-state index contributed by atoms with van der Waals surface area (Å²) in [6.07, 6.45) is 1.40. The Balaban J connectivity index is 2.17. The number of rotatable bonds is 2. The van der Waals surface area contributed by atoms with Crippen molar-refractivity contribution in [2.24, 2.45) is 0 Å². The summed E-state index contributed by atoms with van der Waals surface area (Å²) in [6.45, 7) is 0. The number of hydrogen-bond acceptors (Lipinski definition) is 4. The Bertz CT molecular complexity index is 624. The molecule has 0 fully saturated rings. The van der Waals surface area contributed by atoms with E-state index in [1.807, 2.05) is 30.3 Å². The normalized spacial score (nSPS) is 9.85. The number of carbonyl (C=O) groups is 1. The van der Waals surface area contributed by atoms with E-state index >= 15 is 0 Å². The van der Waals surface area contributed by atoms with Gasteiger partial charge >= 0.3 is 0 Å². The van der Waals surface area contributed by atoms with Crippen molar-refractivity contribution in [2.45, 2.75) is 0 Å². The number of benzene rings is 1. The second-order valence-corrected chi connectivity index (χ2v) is 4.26. The quantitative estimate of drug-likeness (QED) is 0.466. The zero-order valence-corrected chi connectivity index (χ0v) is 11.6. The number of para-hydroxylation sites is 1. The molecule has 0 aliphatic heterocycles. The summed E-state index contributed by atoms with van der Waals surface area (Å²) in [6, 6.07) is 9.31. The second kappa shape index (κ2) is 6.02. The van der Waals surface area contributed by atoms with E-state index in [0.717, 1.165) is 5.69 Å². The van der Waals surface area contributed by atoms with Crippen LogP contribution < -0.4 is 21.9 Å². The number of thiocarbonyl (C=S) groups is 1. The van der Waals surface area contributed by atoms with E-state index in [0.29, 0.717) is 5.11 Å². The van der Waals surface area contributed by atoms with E-state index in [1.54, 1.807) is 7.05 Å². The number of hydrogen-bond donors (Lipinski definition) is 4. The van der Waals surface area contributed by atoms with Crippen LogP contribution in [0.4, 0.5) is 5.82 Å². The van der Waals surface area contributed by atoms with Gasteiger partial charge in [0.1, 0.15) is 11.4 Å². The first-order valence-corrected chi connectivity index (χ1v) is 6.21. The summed E-state index contributed by atoms with van der Waals surface area (Å²) < 4.78 is 1.49. The van der Waals surface area contributed by atoms with E-state index in [9.17, 15) is 4.79 Å². The molecule has 0 saturated carbocycles. The molecule has 0 bridgehead atoms. The van der Waals surface area contributed by atoms with Crippen LogP contribution in [0.1, 0.15) is 10.4 Å². The predicted octanol–water partition coefficient (Wildman–Crippen LogP) is 0.193. The van der Waals surface area contributed by atoms with Crippen molar-refractivity contribution < 1.29 is 4.79 Å². The number of carbonyl (C=O) groups excluding carboxylic acids is 1. The van der Waals surface area contributed by atoms with Gasteiger partial charge in [-0.25, -0.2) is 4.68 Å². The second-order valence-electron chi connectivity index (χ2n) is 3.85. The zero-order valence-electron chi connectivity index (χ0n) is 10.8. The van der Waals surface area contributed by atoms with E-state index in [4.69, 9.17) is 18.0 Å². The number of anilines is 1. The number of amides is 1. The first-order chi connectivity index (χ1) is 9.63. The molecule has 7 nitrogen and oxygen atoms in total. The monoisotopic (exact) mass is 290 g/mol. The Morgan fingerprint density at radius 1 is 1.30 bits per heavy atom. The molecule has 20 heavy (non-hydrogen) atoms. The highest BCUT2D eigenvalue weighted by Gasteiger charge is 2.15. The third kappa shape index (κ3) is 2.86. The van der Waals surface area contributed by atoms with E-state index < -0.39 is 5.91 Å². The number of aromatic nitrogens is 2. The number of nitrogens with one attached hydrogen (secondary N) is 3. The third-order valence-electron chi connectivity index (χ3n) is 2.57. The van der Waals surface area contributed by atoms with Gasteiger partial charge < -0.3 is 11.1 Å². The van der Waals surface area contributed by atoms with Gasteiger partial charge in [0.25, 0.3) is 5.91 Å². The van der Waals surface area contributed by atoms with Crippen molar-refractivity contribution in [2.75, 3.05) is 12.8 Å². The summed E-state index contributed by atoms with van der Waals surface area (Å²) in [7, 11) is 1.64. The Hall–Kier alpha value is -2.61. The van der Waals surface area contributed by atoms with Crippen molar-refractivity contribution in [3.05, 3.63) is 42.1 Å². The average Bonchev–Trinajstić information content (AvgIpc) is 2.87. The zero-order chi connectivity index (χ0) is 14.5. The topological polar surface area (TPSA) is 97.0 Å². The number of nitrogens with two attached hydrogens (primary N) is 1. The van der Waals surface area contributed by atoms with Gasteiger partial charge in [-0.3, -0.25) is 15.6 Å². The average molecular weight is 290 g/mol.